The minimum Gasteiger partial charge on any atom is -0.337 e. The van der Waals surface area contributed by atoms with E-state index in [-0.39, 0.29) is 5.91 Å². The Hall–Kier alpha value is -1.69. The Morgan fingerprint density at radius 1 is 1.23 bits per heavy atom. The molecule has 1 amide bonds. The molecular weight excluding hydrogens is 296 g/mol. The van der Waals surface area contributed by atoms with Crippen molar-refractivity contribution in [2.45, 2.75) is 44.6 Å². The molecule has 6 heteroatoms. The number of aromatic nitrogens is 3. The van der Waals surface area contributed by atoms with Crippen molar-refractivity contribution in [3.05, 3.63) is 34.3 Å². The van der Waals surface area contributed by atoms with Gasteiger partial charge in [-0.25, -0.2) is 9.97 Å². The van der Waals surface area contributed by atoms with Gasteiger partial charge < -0.3 is 9.47 Å². The molecule has 2 aliphatic rings. The molecule has 0 aliphatic carbocycles. The third kappa shape index (κ3) is 2.45. The van der Waals surface area contributed by atoms with Crippen LogP contribution in [0.5, 0.6) is 0 Å². The fraction of sp³-hybridized carbons (Fsp3) is 0.562. The average molecular weight is 316 g/mol. The second kappa shape index (κ2) is 5.83. The third-order valence-corrected chi connectivity index (χ3v) is 5.35. The molecule has 0 spiro atoms. The fourth-order valence-electron chi connectivity index (χ4n) is 3.64. The Kier molecular flexibility index (Phi) is 3.70. The zero-order valence-corrected chi connectivity index (χ0v) is 13.4. The van der Waals surface area contributed by atoms with E-state index in [4.69, 9.17) is 0 Å². The second-order valence-electron chi connectivity index (χ2n) is 6.18. The SMILES string of the molecule is O=C(c1cscn1)N1CCC[C@@H](c2ncc3n2CCCC3)C1. The predicted octanol–water partition coefficient (Wildman–Crippen LogP) is 2.70. The zero-order valence-electron chi connectivity index (χ0n) is 12.6. The Balaban J connectivity index is 1.54. The molecule has 0 unspecified atom stereocenters. The molecule has 22 heavy (non-hydrogen) atoms. The summed E-state index contributed by atoms with van der Waals surface area (Å²) in [5.74, 6) is 1.62. The first-order valence-corrected chi connectivity index (χ1v) is 8.99. The van der Waals surface area contributed by atoms with E-state index < -0.39 is 0 Å². The van der Waals surface area contributed by atoms with Gasteiger partial charge in [0.1, 0.15) is 11.5 Å². The topological polar surface area (TPSA) is 51.0 Å². The number of rotatable bonds is 2. The smallest absolute Gasteiger partial charge is 0.273 e. The molecule has 116 valence electrons. The maximum atomic E-state index is 12.5. The van der Waals surface area contributed by atoms with Gasteiger partial charge in [-0.15, -0.1) is 11.3 Å². The van der Waals surface area contributed by atoms with Crippen molar-refractivity contribution >= 4 is 17.2 Å². The van der Waals surface area contributed by atoms with Crippen molar-refractivity contribution in [1.29, 1.82) is 0 Å². The molecule has 1 fully saturated rings. The molecule has 4 heterocycles. The maximum absolute atomic E-state index is 12.5. The number of carbonyl (C=O) groups is 1. The summed E-state index contributed by atoms with van der Waals surface area (Å²) in [6.07, 6.45) is 7.85. The van der Waals surface area contributed by atoms with Crippen LogP contribution in [0.2, 0.25) is 0 Å². The van der Waals surface area contributed by atoms with E-state index in [1.807, 2.05) is 16.5 Å². The highest BCUT2D eigenvalue weighted by Crippen LogP contribution is 2.29. The van der Waals surface area contributed by atoms with Crippen molar-refractivity contribution in [3.63, 3.8) is 0 Å². The molecule has 1 atom stereocenters. The number of hydrogen-bond donors (Lipinski definition) is 0. The van der Waals surface area contributed by atoms with E-state index in [0.717, 1.165) is 38.9 Å². The Morgan fingerprint density at radius 2 is 2.18 bits per heavy atom. The zero-order chi connectivity index (χ0) is 14.9. The lowest BCUT2D eigenvalue weighted by molar-refractivity contribution is 0.0698. The Labute approximate surface area is 134 Å². The fourth-order valence-corrected chi connectivity index (χ4v) is 4.17. The van der Waals surface area contributed by atoms with E-state index in [1.165, 1.54) is 35.7 Å². The predicted molar refractivity (Wildman–Crippen MR) is 85.2 cm³/mol. The standard InChI is InChI=1S/C16H20N4OS/c21-16(14-10-22-11-18-14)19-6-3-4-12(9-19)15-17-8-13-5-1-2-7-20(13)15/h8,10-12H,1-7,9H2/t12-/m1/s1. The number of nitrogens with zero attached hydrogens (tertiary/aromatic N) is 4. The summed E-state index contributed by atoms with van der Waals surface area (Å²) in [7, 11) is 0. The molecular formula is C16H20N4OS. The van der Waals surface area contributed by atoms with Crippen molar-refractivity contribution in [2.75, 3.05) is 13.1 Å². The van der Waals surface area contributed by atoms with Crippen LogP contribution in [0, 0.1) is 0 Å². The summed E-state index contributed by atoms with van der Waals surface area (Å²) >= 11 is 1.47. The molecule has 0 saturated carbocycles. The lowest BCUT2D eigenvalue weighted by atomic mass is 9.96. The van der Waals surface area contributed by atoms with Crippen molar-refractivity contribution in [1.82, 2.24) is 19.4 Å². The van der Waals surface area contributed by atoms with Gasteiger partial charge in [-0.3, -0.25) is 4.79 Å². The van der Waals surface area contributed by atoms with Crippen LogP contribution in [-0.2, 0) is 13.0 Å². The molecule has 1 saturated heterocycles. The summed E-state index contributed by atoms with van der Waals surface area (Å²) in [4.78, 5) is 23.3. The average Bonchev–Trinajstić information content (AvgIpc) is 3.24. The number of fused-ring (bicyclic) bond motifs is 1. The Morgan fingerprint density at radius 3 is 3.05 bits per heavy atom. The molecule has 5 nitrogen and oxygen atoms in total. The van der Waals surface area contributed by atoms with Crippen LogP contribution < -0.4 is 0 Å². The van der Waals surface area contributed by atoms with Gasteiger partial charge in [-0.1, -0.05) is 0 Å². The number of carbonyl (C=O) groups excluding carboxylic acids is 1. The van der Waals surface area contributed by atoms with E-state index in [0.29, 0.717) is 11.6 Å². The van der Waals surface area contributed by atoms with Gasteiger partial charge in [0, 0.05) is 42.8 Å². The van der Waals surface area contributed by atoms with E-state index in [1.54, 1.807) is 5.51 Å². The normalized spacial score (nSPS) is 21.6. The van der Waals surface area contributed by atoms with Gasteiger partial charge in [-0.2, -0.15) is 0 Å². The van der Waals surface area contributed by atoms with E-state index in [2.05, 4.69) is 14.5 Å². The highest BCUT2D eigenvalue weighted by Gasteiger charge is 2.29. The van der Waals surface area contributed by atoms with Gasteiger partial charge >= 0.3 is 0 Å². The molecule has 2 aromatic heterocycles. The first-order chi connectivity index (χ1) is 10.8. The summed E-state index contributed by atoms with van der Waals surface area (Å²) in [5, 5.41) is 1.84. The number of hydrogen-bond acceptors (Lipinski definition) is 4. The highest BCUT2D eigenvalue weighted by atomic mass is 32.1. The molecule has 2 aromatic rings. The van der Waals surface area contributed by atoms with Gasteiger partial charge in [0.05, 0.1) is 5.51 Å². The molecule has 0 bridgehead atoms. The number of thiazole rings is 1. The van der Waals surface area contributed by atoms with Crippen molar-refractivity contribution in [2.24, 2.45) is 0 Å². The Bertz CT molecular complexity index is 664. The number of likely N-dealkylation sites (tertiary alicyclic amines) is 1. The maximum Gasteiger partial charge on any atom is 0.273 e. The largest absolute Gasteiger partial charge is 0.337 e. The monoisotopic (exact) mass is 316 g/mol. The number of imidazole rings is 1. The second-order valence-corrected chi connectivity index (χ2v) is 6.90. The van der Waals surface area contributed by atoms with Gasteiger partial charge in [0.15, 0.2) is 0 Å². The third-order valence-electron chi connectivity index (χ3n) is 4.76. The minimum atomic E-state index is 0.0661. The van der Waals surface area contributed by atoms with Crippen LogP contribution >= 0.6 is 11.3 Å². The minimum absolute atomic E-state index is 0.0661. The van der Waals surface area contributed by atoms with Crippen molar-refractivity contribution in [3.8, 4) is 0 Å². The van der Waals surface area contributed by atoms with Crippen LogP contribution in [0.25, 0.3) is 0 Å². The summed E-state index contributed by atoms with van der Waals surface area (Å²) in [6.45, 7) is 2.69. The lowest BCUT2D eigenvalue weighted by Crippen LogP contribution is -2.40. The molecule has 2 aliphatic heterocycles. The molecule has 0 radical (unpaired) electrons. The van der Waals surface area contributed by atoms with Crippen molar-refractivity contribution < 1.29 is 4.79 Å². The summed E-state index contributed by atoms with van der Waals surface area (Å²) in [6, 6.07) is 0. The first-order valence-electron chi connectivity index (χ1n) is 8.04. The van der Waals surface area contributed by atoms with Crippen LogP contribution in [0.3, 0.4) is 0 Å². The van der Waals surface area contributed by atoms with Crippen LogP contribution in [0.1, 0.15) is 53.6 Å². The molecule has 0 aromatic carbocycles. The van der Waals surface area contributed by atoms with Crippen LogP contribution in [-0.4, -0.2) is 38.4 Å². The van der Waals surface area contributed by atoms with E-state index in [9.17, 15) is 4.79 Å². The molecule has 4 rings (SSSR count). The van der Waals surface area contributed by atoms with Gasteiger partial charge in [0.2, 0.25) is 0 Å². The van der Waals surface area contributed by atoms with Gasteiger partial charge in [-0.05, 0) is 32.1 Å². The quantitative estimate of drug-likeness (QED) is 0.856. The first kappa shape index (κ1) is 13.9. The number of amides is 1. The summed E-state index contributed by atoms with van der Waals surface area (Å²) in [5.41, 5.74) is 3.67. The van der Waals surface area contributed by atoms with Crippen LogP contribution in [0.15, 0.2) is 17.1 Å². The highest BCUT2D eigenvalue weighted by molar-refractivity contribution is 7.07. The summed E-state index contributed by atoms with van der Waals surface area (Å²) < 4.78 is 2.39. The molecule has 0 N–H and O–H groups in total. The number of piperidine rings is 1. The lowest BCUT2D eigenvalue weighted by Gasteiger charge is -2.32. The number of aryl methyl sites for hydroxylation is 1. The van der Waals surface area contributed by atoms with Gasteiger partial charge in [0.25, 0.3) is 5.91 Å². The van der Waals surface area contributed by atoms with Crippen LogP contribution in [0.4, 0.5) is 0 Å². The van der Waals surface area contributed by atoms with E-state index >= 15 is 0 Å².